The van der Waals surface area contributed by atoms with Gasteiger partial charge in [-0.15, -0.1) is 0 Å². The Labute approximate surface area is 126 Å². The van der Waals surface area contributed by atoms with Gasteiger partial charge >= 0.3 is 12.3 Å². The number of benzene rings is 1. The van der Waals surface area contributed by atoms with Gasteiger partial charge in [-0.2, -0.15) is 4.39 Å². The van der Waals surface area contributed by atoms with Crippen LogP contribution in [-0.2, 0) is 14.2 Å². The lowest BCUT2D eigenvalue weighted by Crippen LogP contribution is -2.31. The van der Waals surface area contributed by atoms with Gasteiger partial charge in [0.1, 0.15) is 19.8 Å². The van der Waals surface area contributed by atoms with E-state index >= 15 is 0 Å². The number of hydrogen-bond acceptors (Lipinski definition) is 6. The second kappa shape index (κ2) is 6.71. The Morgan fingerprint density at radius 2 is 1.70 bits per heavy atom. The average molecular weight is 338 g/mol. The lowest BCUT2D eigenvalue weighted by atomic mass is 10.2. The molecule has 1 aromatic carbocycles. The Kier molecular flexibility index (Phi) is 4.92. The first-order valence-electron chi connectivity index (χ1n) is 6.28. The van der Waals surface area contributed by atoms with E-state index in [0.717, 1.165) is 6.92 Å². The third-order valence-electron chi connectivity index (χ3n) is 2.94. The van der Waals surface area contributed by atoms with Crippen LogP contribution in [0.4, 0.5) is 27.2 Å². The highest BCUT2D eigenvalue weighted by Gasteiger charge is 2.28. The highest BCUT2D eigenvalue weighted by molar-refractivity contribution is 5.64. The summed E-state index contributed by atoms with van der Waals surface area (Å²) < 4.78 is 71.2. The lowest BCUT2D eigenvalue weighted by Gasteiger charge is -2.21. The van der Waals surface area contributed by atoms with Crippen molar-refractivity contribution in [3.05, 3.63) is 28.8 Å². The largest absolute Gasteiger partial charge is 0.514 e. The van der Waals surface area contributed by atoms with Crippen LogP contribution in [0.15, 0.2) is 0 Å². The molecule has 0 spiro atoms. The van der Waals surface area contributed by atoms with E-state index in [0.29, 0.717) is 0 Å². The van der Waals surface area contributed by atoms with Crippen molar-refractivity contribution >= 4 is 12.3 Å². The molecule has 0 radical (unpaired) electrons. The van der Waals surface area contributed by atoms with Crippen LogP contribution in [0.5, 0.6) is 5.75 Å². The summed E-state index contributed by atoms with van der Waals surface area (Å²) in [6.45, 7) is 0.343. The third-order valence-corrected chi connectivity index (χ3v) is 2.94. The SMILES string of the molecule is Cc1c(F)c(F)c(F)c(OC(=O)OCC2COC(=O)OC2)c1F. The molecule has 2 rings (SSSR count). The lowest BCUT2D eigenvalue weighted by molar-refractivity contribution is -0.0320. The summed E-state index contributed by atoms with van der Waals surface area (Å²) in [7, 11) is 0. The van der Waals surface area contributed by atoms with E-state index < -0.39 is 52.8 Å². The second-order valence-electron chi connectivity index (χ2n) is 4.61. The van der Waals surface area contributed by atoms with Gasteiger partial charge in [-0.05, 0) is 6.92 Å². The predicted octanol–water partition coefficient (Wildman–Crippen LogP) is 2.85. The molecule has 0 bridgehead atoms. The molecule has 1 saturated heterocycles. The second-order valence-corrected chi connectivity index (χ2v) is 4.61. The number of cyclic esters (lactones) is 2. The number of carbonyl (C=O) groups excluding carboxylic acids is 2. The molecular formula is C13H10F4O6. The molecule has 1 aromatic rings. The standard InChI is InChI=1S/C13H10F4O6/c1-5-7(14)9(16)10(17)11(8(5)15)23-13(19)22-4-6-2-20-12(18)21-3-6/h6H,2-4H2,1H3. The Balaban J connectivity index is 1.99. The van der Waals surface area contributed by atoms with Crippen LogP contribution in [0, 0.1) is 36.1 Å². The third kappa shape index (κ3) is 3.63. The van der Waals surface area contributed by atoms with Crippen LogP contribution < -0.4 is 4.74 Å². The number of carbonyl (C=O) groups is 2. The highest BCUT2D eigenvalue weighted by Crippen LogP contribution is 2.29. The topological polar surface area (TPSA) is 71.1 Å². The van der Waals surface area contributed by atoms with Gasteiger partial charge in [-0.25, -0.2) is 22.8 Å². The van der Waals surface area contributed by atoms with Gasteiger partial charge in [0.15, 0.2) is 17.5 Å². The van der Waals surface area contributed by atoms with E-state index in [1.54, 1.807) is 0 Å². The van der Waals surface area contributed by atoms with E-state index in [-0.39, 0.29) is 19.8 Å². The van der Waals surface area contributed by atoms with Crippen LogP contribution >= 0.6 is 0 Å². The van der Waals surface area contributed by atoms with Crippen LogP contribution in [0.1, 0.15) is 5.56 Å². The van der Waals surface area contributed by atoms with Crippen LogP contribution in [-0.4, -0.2) is 32.1 Å². The molecule has 0 N–H and O–H groups in total. The number of halogens is 4. The molecule has 0 unspecified atom stereocenters. The molecule has 0 aliphatic carbocycles. The van der Waals surface area contributed by atoms with Gasteiger partial charge in [0.2, 0.25) is 11.6 Å². The molecule has 1 aliphatic heterocycles. The highest BCUT2D eigenvalue weighted by atomic mass is 19.2. The summed E-state index contributed by atoms with van der Waals surface area (Å²) in [6, 6.07) is 0. The minimum Gasteiger partial charge on any atom is -0.434 e. The van der Waals surface area contributed by atoms with E-state index in [1.165, 1.54) is 0 Å². The van der Waals surface area contributed by atoms with E-state index in [2.05, 4.69) is 18.9 Å². The van der Waals surface area contributed by atoms with Gasteiger partial charge < -0.3 is 18.9 Å². The van der Waals surface area contributed by atoms with E-state index in [9.17, 15) is 27.2 Å². The van der Waals surface area contributed by atoms with Crippen molar-refractivity contribution in [2.24, 2.45) is 5.92 Å². The minimum absolute atomic E-state index is 0.0842. The van der Waals surface area contributed by atoms with Gasteiger partial charge in [0, 0.05) is 5.56 Å². The first kappa shape index (κ1) is 16.8. The summed E-state index contributed by atoms with van der Waals surface area (Å²) in [5, 5.41) is 0. The van der Waals surface area contributed by atoms with Crippen LogP contribution in [0.3, 0.4) is 0 Å². The summed E-state index contributed by atoms with van der Waals surface area (Å²) in [5.41, 5.74) is -0.848. The summed E-state index contributed by atoms with van der Waals surface area (Å²) in [6.07, 6.45) is -2.41. The van der Waals surface area contributed by atoms with Gasteiger partial charge in [-0.3, -0.25) is 0 Å². The number of rotatable bonds is 3. The monoisotopic (exact) mass is 338 g/mol. The van der Waals surface area contributed by atoms with E-state index in [1.807, 2.05) is 0 Å². The van der Waals surface area contributed by atoms with Crippen molar-refractivity contribution in [1.29, 1.82) is 0 Å². The van der Waals surface area contributed by atoms with Gasteiger partial charge in [0.25, 0.3) is 0 Å². The molecule has 1 heterocycles. The quantitative estimate of drug-likeness (QED) is 0.277. The Bertz CT molecular complexity index is 609. The molecule has 0 saturated carbocycles. The zero-order valence-electron chi connectivity index (χ0n) is 11.7. The average Bonchev–Trinajstić information content (AvgIpc) is 2.54. The van der Waals surface area contributed by atoms with E-state index in [4.69, 9.17) is 0 Å². The minimum atomic E-state index is -1.99. The predicted molar refractivity (Wildman–Crippen MR) is 63.8 cm³/mol. The van der Waals surface area contributed by atoms with Crippen molar-refractivity contribution in [2.75, 3.05) is 19.8 Å². The number of ether oxygens (including phenoxy) is 4. The Morgan fingerprint density at radius 3 is 2.30 bits per heavy atom. The Hall–Kier alpha value is -2.52. The summed E-state index contributed by atoms with van der Waals surface area (Å²) in [5.74, 6) is -9.15. The van der Waals surface area contributed by atoms with Crippen molar-refractivity contribution < 1.29 is 46.1 Å². The van der Waals surface area contributed by atoms with Crippen LogP contribution in [0.25, 0.3) is 0 Å². The molecule has 1 fully saturated rings. The maximum absolute atomic E-state index is 13.6. The van der Waals surface area contributed by atoms with Crippen molar-refractivity contribution in [3.8, 4) is 5.75 Å². The van der Waals surface area contributed by atoms with Gasteiger partial charge in [-0.1, -0.05) is 0 Å². The van der Waals surface area contributed by atoms with Crippen molar-refractivity contribution in [2.45, 2.75) is 6.92 Å². The molecule has 1 aliphatic rings. The number of hydrogen-bond donors (Lipinski definition) is 0. The first-order chi connectivity index (χ1) is 10.8. The molecule has 0 aromatic heterocycles. The molecule has 0 atom stereocenters. The fourth-order valence-corrected chi connectivity index (χ4v) is 1.67. The molecule has 6 nitrogen and oxygen atoms in total. The zero-order chi connectivity index (χ0) is 17.1. The zero-order valence-corrected chi connectivity index (χ0v) is 11.7. The van der Waals surface area contributed by atoms with Crippen LogP contribution in [0.2, 0.25) is 0 Å². The summed E-state index contributed by atoms with van der Waals surface area (Å²) in [4.78, 5) is 22.0. The maximum Gasteiger partial charge on any atom is 0.514 e. The van der Waals surface area contributed by atoms with Crippen molar-refractivity contribution in [3.63, 3.8) is 0 Å². The smallest absolute Gasteiger partial charge is 0.434 e. The van der Waals surface area contributed by atoms with Gasteiger partial charge in [0.05, 0.1) is 5.92 Å². The normalized spacial score (nSPS) is 14.9. The molecule has 126 valence electrons. The fourth-order valence-electron chi connectivity index (χ4n) is 1.67. The molecular weight excluding hydrogens is 328 g/mol. The maximum atomic E-state index is 13.6. The fraction of sp³-hybridized carbons (Fsp3) is 0.385. The van der Waals surface area contributed by atoms with Crippen molar-refractivity contribution in [1.82, 2.24) is 0 Å². The first-order valence-corrected chi connectivity index (χ1v) is 6.28. The molecule has 0 amide bonds. The Morgan fingerprint density at radius 1 is 1.09 bits per heavy atom. The molecule has 10 heteroatoms. The summed E-state index contributed by atoms with van der Waals surface area (Å²) >= 11 is 0. The molecule has 23 heavy (non-hydrogen) atoms.